The Morgan fingerprint density at radius 1 is 1.14 bits per heavy atom. The monoisotopic (exact) mass is 724 g/mol. The fourth-order valence-corrected chi connectivity index (χ4v) is 10.1. The minimum Gasteiger partial charge on any atom is -0.491 e. The quantitative estimate of drug-likeness (QED) is 0.339. The lowest BCUT2D eigenvalue weighted by molar-refractivity contribution is 0.0133. The highest BCUT2D eigenvalue weighted by atomic mass is 35.5. The van der Waals surface area contributed by atoms with Crippen LogP contribution in [0.25, 0.3) is 0 Å². The molecule has 2 aromatic carbocycles. The molecular formula is C38H49ClN4O6S. The van der Waals surface area contributed by atoms with E-state index in [0.29, 0.717) is 55.9 Å². The first kappa shape index (κ1) is 35.3. The Bertz CT molecular complexity index is 1750. The molecule has 2 aliphatic carbocycles. The van der Waals surface area contributed by atoms with Gasteiger partial charge in [-0.05, 0) is 111 Å². The van der Waals surface area contributed by atoms with Crippen LogP contribution in [-0.2, 0) is 32.4 Å². The van der Waals surface area contributed by atoms with Crippen molar-refractivity contribution < 1.29 is 28.0 Å². The smallest absolute Gasteiger partial charge is 0.327 e. The average molecular weight is 725 g/mol. The zero-order valence-electron chi connectivity index (χ0n) is 29.0. The van der Waals surface area contributed by atoms with Crippen molar-refractivity contribution >= 4 is 39.1 Å². The maximum absolute atomic E-state index is 14.5. The molecule has 2 N–H and O–H groups in total. The minimum absolute atomic E-state index is 0.0264. The second-order valence-electron chi connectivity index (χ2n) is 15.0. The average Bonchev–Trinajstić information content (AvgIpc) is 3.49. The second kappa shape index (κ2) is 14.9. The predicted octanol–water partition coefficient (Wildman–Crippen LogP) is 6.70. The molecule has 3 aliphatic heterocycles. The summed E-state index contributed by atoms with van der Waals surface area (Å²) in [6.45, 7) is 5.15. The molecule has 7 atom stereocenters. The second-order valence-corrected chi connectivity index (χ2v) is 17.4. The van der Waals surface area contributed by atoms with Crippen molar-refractivity contribution in [1.29, 1.82) is 0 Å². The summed E-state index contributed by atoms with van der Waals surface area (Å²) in [5.74, 6) is 0.660. The molecule has 1 saturated heterocycles. The highest BCUT2D eigenvalue weighted by molar-refractivity contribution is 7.92. The number of anilines is 1. The maximum Gasteiger partial charge on any atom is 0.327 e. The Hall–Kier alpha value is -3.12. The molecule has 1 unspecified atom stereocenters. The maximum atomic E-state index is 14.5. The van der Waals surface area contributed by atoms with Crippen molar-refractivity contribution in [2.45, 2.75) is 77.0 Å². The SMILES string of the molecule is CO[C@H]1/C=C/C[C@H](C)C[S@@](=O)(NC(=O)N[C@H]2CC23CCOC3)=NC(=O)c2ccc3c(c2)N(Cc2ccc(Cl)cc2CCCCO3)C[C@@H]2CC[C@H]21. The number of aryl methyl sites for hydroxylation is 1. The van der Waals surface area contributed by atoms with E-state index in [0.717, 1.165) is 62.2 Å². The molecule has 2 bridgehead atoms. The van der Waals surface area contributed by atoms with Crippen molar-refractivity contribution in [3.8, 4) is 5.75 Å². The summed E-state index contributed by atoms with van der Waals surface area (Å²) in [6.07, 6.45) is 11.3. The molecule has 10 nitrogen and oxygen atoms in total. The zero-order chi connectivity index (χ0) is 34.9. The van der Waals surface area contributed by atoms with Gasteiger partial charge < -0.3 is 24.4 Å². The van der Waals surface area contributed by atoms with E-state index in [1.54, 1.807) is 13.2 Å². The lowest BCUT2D eigenvalue weighted by Crippen LogP contribution is -2.44. The van der Waals surface area contributed by atoms with Crippen LogP contribution in [0.5, 0.6) is 5.75 Å². The number of carbonyl (C=O) groups is 2. The van der Waals surface area contributed by atoms with Gasteiger partial charge in [-0.15, -0.1) is 4.36 Å². The standard InChI is InChI=1S/C38H49ClN4O6S/c1-25-6-5-8-33(47-2)31-13-10-29(31)22-43-21-28-9-12-30(39)18-26(28)7-3-4-16-49-34-14-11-27(19-32(34)43)36(44)41-50(46,23-25)42-37(45)40-35-20-38(35)15-17-48-24-38/h5,8-9,11-12,14,18-19,25,29,31,33,35H,3-4,6-7,10,13,15-17,20-24H2,1-2H3,(H2,40,41,42,44,45,46)/b8-5+/t25-,29-,31+,33-,35-,38?,50-/m0/s1. The van der Waals surface area contributed by atoms with E-state index >= 15 is 0 Å². The highest BCUT2D eigenvalue weighted by Crippen LogP contribution is 2.52. The third-order valence-electron chi connectivity index (χ3n) is 11.3. The van der Waals surface area contributed by atoms with E-state index in [-0.39, 0.29) is 29.2 Å². The van der Waals surface area contributed by atoms with Gasteiger partial charge in [0.15, 0.2) is 0 Å². The molecule has 3 fully saturated rings. The van der Waals surface area contributed by atoms with Crippen LogP contribution in [0.3, 0.4) is 0 Å². The Morgan fingerprint density at radius 3 is 2.80 bits per heavy atom. The minimum atomic E-state index is -3.49. The van der Waals surface area contributed by atoms with Crippen LogP contribution in [0.15, 0.2) is 52.9 Å². The number of carbonyl (C=O) groups excluding carboxylic acids is 2. The van der Waals surface area contributed by atoms with Gasteiger partial charge in [-0.1, -0.05) is 36.7 Å². The largest absolute Gasteiger partial charge is 0.491 e. The molecule has 2 saturated carbocycles. The topological polar surface area (TPSA) is 119 Å². The van der Waals surface area contributed by atoms with Gasteiger partial charge in [0.25, 0.3) is 5.91 Å². The predicted molar refractivity (Wildman–Crippen MR) is 195 cm³/mol. The number of allylic oxidation sites excluding steroid dienone is 1. The number of amides is 3. The van der Waals surface area contributed by atoms with Gasteiger partial charge in [0.05, 0.1) is 30.8 Å². The van der Waals surface area contributed by atoms with Crippen LogP contribution in [-0.4, -0.2) is 67.5 Å². The summed E-state index contributed by atoms with van der Waals surface area (Å²) in [5, 5.41) is 3.69. The summed E-state index contributed by atoms with van der Waals surface area (Å²) >= 11 is 6.47. The van der Waals surface area contributed by atoms with E-state index in [9.17, 15) is 13.8 Å². The molecule has 0 aromatic heterocycles. The Kier molecular flexibility index (Phi) is 10.5. The summed E-state index contributed by atoms with van der Waals surface area (Å²) in [4.78, 5) is 29.5. The third-order valence-corrected chi connectivity index (χ3v) is 13.5. The fraction of sp³-hybridized carbons (Fsp3) is 0.579. The summed E-state index contributed by atoms with van der Waals surface area (Å²) in [6, 6.07) is 10.8. The third kappa shape index (κ3) is 7.86. The first-order valence-electron chi connectivity index (χ1n) is 18.1. The molecule has 0 radical (unpaired) electrons. The zero-order valence-corrected chi connectivity index (χ0v) is 30.6. The van der Waals surface area contributed by atoms with Crippen molar-refractivity contribution in [3.05, 3.63) is 70.3 Å². The number of halogens is 1. The van der Waals surface area contributed by atoms with Crippen molar-refractivity contribution in [2.24, 2.45) is 27.5 Å². The molecule has 3 amide bonds. The molecule has 5 aliphatic rings. The molecule has 1 spiro atoms. The van der Waals surface area contributed by atoms with Gasteiger partial charge >= 0.3 is 6.03 Å². The van der Waals surface area contributed by atoms with Crippen LogP contribution in [0.4, 0.5) is 10.5 Å². The summed E-state index contributed by atoms with van der Waals surface area (Å²) in [7, 11) is -1.73. The van der Waals surface area contributed by atoms with Crippen LogP contribution in [0, 0.1) is 23.2 Å². The Labute approximate surface area is 300 Å². The van der Waals surface area contributed by atoms with E-state index in [1.165, 1.54) is 11.1 Å². The van der Waals surface area contributed by atoms with Gasteiger partial charge in [0, 0.05) is 48.8 Å². The molecule has 12 heteroatoms. The number of fused-ring (bicyclic) bond motifs is 3. The van der Waals surface area contributed by atoms with Crippen LogP contribution >= 0.6 is 11.6 Å². The van der Waals surface area contributed by atoms with Crippen molar-refractivity contribution in [3.63, 3.8) is 0 Å². The van der Waals surface area contributed by atoms with Crippen molar-refractivity contribution in [1.82, 2.24) is 10.0 Å². The number of hydrogen-bond acceptors (Lipinski definition) is 7. The molecule has 7 rings (SSSR count). The molecular weight excluding hydrogens is 676 g/mol. The van der Waals surface area contributed by atoms with Gasteiger partial charge in [-0.2, -0.15) is 0 Å². The lowest BCUT2D eigenvalue weighted by atomic mass is 9.70. The number of benzene rings is 2. The summed E-state index contributed by atoms with van der Waals surface area (Å²) < 4.78 is 39.4. The van der Waals surface area contributed by atoms with Gasteiger partial charge in [-0.3, -0.25) is 9.52 Å². The lowest BCUT2D eigenvalue weighted by Gasteiger charge is -2.43. The fourth-order valence-electron chi connectivity index (χ4n) is 8.12. The molecule has 270 valence electrons. The van der Waals surface area contributed by atoms with Crippen LogP contribution in [0.1, 0.15) is 73.4 Å². The number of nitrogens with zero attached hydrogens (tertiary/aromatic N) is 2. The molecule has 50 heavy (non-hydrogen) atoms. The number of nitrogens with one attached hydrogen (secondary N) is 2. The normalized spacial score (nSPS) is 33.4. The Balaban J connectivity index is 1.26. The van der Waals surface area contributed by atoms with Gasteiger partial charge in [-0.25, -0.2) is 9.00 Å². The summed E-state index contributed by atoms with van der Waals surface area (Å²) in [5.41, 5.74) is 3.45. The number of rotatable bonds is 3. The number of urea groups is 1. The van der Waals surface area contributed by atoms with Crippen molar-refractivity contribution in [2.75, 3.05) is 44.1 Å². The first-order chi connectivity index (χ1) is 24.1. The molecule has 3 heterocycles. The van der Waals surface area contributed by atoms with Gasteiger partial charge in [0.2, 0.25) is 0 Å². The van der Waals surface area contributed by atoms with E-state index in [2.05, 4.69) is 43.6 Å². The van der Waals surface area contributed by atoms with Gasteiger partial charge in [0.1, 0.15) is 15.7 Å². The van der Waals surface area contributed by atoms with E-state index in [4.69, 9.17) is 25.8 Å². The first-order valence-corrected chi connectivity index (χ1v) is 20.1. The van der Waals surface area contributed by atoms with Crippen LogP contribution in [0.2, 0.25) is 5.02 Å². The highest BCUT2D eigenvalue weighted by Gasteiger charge is 2.57. The Morgan fingerprint density at radius 2 is 2.02 bits per heavy atom. The number of ether oxygens (including phenoxy) is 3. The van der Waals surface area contributed by atoms with E-state index < -0.39 is 21.9 Å². The number of methoxy groups -OCH3 is 1. The van der Waals surface area contributed by atoms with Crippen LogP contribution < -0.4 is 19.7 Å². The van der Waals surface area contributed by atoms with E-state index in [1.807, 2.05) is 25.1 Å². The number of hydrogen-bond donors (Lipinski definition) is 2. The molecule has 2 aromatic rings.